The molecule has 0 spiro atoms. The van der Waals surface area contributed by atoms with Crippen molar-refractivity contribution in [3.8, 4) is 0 Å². The number of hydrogen-bond donors (Lipinski definition) is 0. The predicted octanol–water partition coefficient (Wildman–Crippen LogP) is 4.43. The van der Waals surface area contributed by atoms with Gasteiger partial charge in [-0.15, -0.1) is 0 Å². The van der Waals surface area contributed by atoms with Gasteiger partial charge in [-0.1, -0.05) is 84.8 Å². The summed E-state index contributed by atoms with van der Waals surface area (Å²) in [6, 6.07) is 15.6. The molecule has 0 aliphatic carbocycles. The molecule has 0 aliphatic rings. The van der Waals surface area contributed by atoms with Crippen LogP contribution < -0.4 is 5.19 Å². The van der Waals surface area contributed by atoms with Gasteiger partial charge < -0.3 is 0 Å². The van der Waals surface area contributed by atoms with Crippen LogP contribution in [0, 0.1) is 13.8 Å². The normalized spacial score (nSPS) is 12.2. The molecule has 1 unspecified atom stereocenters. The van der Waals surface area contributed by atoms with Crippen LogP contribution in [0.15, 0.2) is 49.0 Å². The van der Waals surface area contributed by atoms with Gasteiger partial charge in [0.25, 0.3) is 0 Å². The Labute approximate surface area is 125 Å². The lowest BCUT2D eigenvalue weighted by molar-refractivity contribution is 0.875. The molecule has 0 saturated heterocycles. The molecular formula is C19H22Si. The summed E-state index contributed by atoms with van der Waals surface area (Å²) in [6.07, 6.45) is 3.08. The highest BCUT2D eigenvalue weighted by molar-refractivity contribution is 6.55. The van der Waals surface area contributed by atoms with E-state index in [1.165, 1.54) is 33.9 Å². The zero-order valence-electron chi connectivity index (χ0n) is 12.6. The van der Waals surface area contributed by atoms with E-state index in [1.54, 1.807) is 0 Å². The van der Waals surface area contributed by atoms with Crippen LogP contribution in [-0.4, -0.2) is 9.52 Å². The predicted molar refractivity (Wildman–Crippen MR) is 90.9 cm³/mol. The SMILES string of the molecule is C=Cc1ccc(C(CC)[Si]c2ccc(C)cc2C)cc1. The van der Waals surface area contributed by atoms with Crippen LogP contribution >= 0.6 is 0 Å². The van der Waals surface area contributed by atoms with E-state index in [0.29, 0.717) is 5.54 Å². The molecule has 0 amide bonds. The molecule has 0 heterocycles. The molecule has 1 heteroatoms. The van der Waals surface area contributed by atoms with E-state index in [1.807, 2.05) is 6.08 Å². The van der Waals surface area contributed by atoms with Gasteiger partial charge in [0.15, 0.2) is 0 Å². The maximum atomic E-state index is 3.81. The highest BCUT2D eigenvalue weighted by Crippen LogP contribution is 2.19. The second kappa shape index (κ2) is 6.71. The summed E-state index contributed by atoms with van der Waals surface area (Å²) in [5.74, 6) is 0. The highest BCUT2D eigenvalue weighted by Gasteiger charge is 2.13. The maximum Gasteiger partial charge on any atom is 0.0894 e. The number of rotatable bonds is 5. The Balaban J connectivity index is 2.21. The molecule has 2 rings (SSSR count). The van der Waals surface area contributed by atoms with Gasteiger partial charge in [-0.3, -0.25) is 0 Å². The summed E-state index contributed by atoms with van der Waals surface area (Å²) < 4.78 is 0. The molecular weight excluding hydrogens is 256 g/mol. The van der Waals surface area contributed by atoms with Crippen molar-refractivity contribution in [1.29, 1.82) is 0 Å². The van der Waals surface area contributed by atoms with Gasteiger partial charge in [-0.2, -0.15) is 0 Å². The van der Waals surface area contributed by atoms with Gasteiger partial charge in [0.2, 0.25) is 0 Å². The van der Waals surface area contributed by atoms with E-state index in [4.69, 9.17) is 0 Å². The minimum absolute atomic E-state index is 0.621. The monoisotopic (exact) mass is 278 g/mol. The van der Waals surface area contributed by atoms with Gasteiger partial charge >= 0.3 is 0 Å². The molecule has 0 fully saturated rings. The molecule has 0 saturated carbocycles. The van der Waals surface area contributed by atoms with E-state index < -0.39 is 0 Å². The minimum Gasteiger partial charge on any atom is -0.0985 e. The molecule has 0 aromatic heterocycles. The topological polar surface area (TPSA) is 0 Å². The first kappa shape index (κ1) is 14.8. The molecule has 0 nitrogen and oxygen atoms in total. The van der Waals surface area contributed by atoms with Crippen molar-refractivity contribution in [2.75, 3.05) is 0 Å². The molecule has 2 aromatic rings. The van der Waals surface area contributed by atoms with E-state index in [2.05, 4.69) is 69.8 Å². The first-order valence-corrected chi connectivity index (χ1v) is 8.28. The highest BCUT2D eigenvalue weighted by atomic mass is 28.2. The smallest absolute Gasteiger partial charge is 0.0894 e. The molecule has 0 aliphatic heterocycles. The first-order valence-electron chi connectivity index (χ1n) is 7.20. The minimum atomic E-state index is 0.621. The first-order chi connectivity index (χ1) is 9.63. The fraction of sp³-hybridized carbons (Fsp3) is 0.263. The molecule has 102 valence electrons. The van der Waals surface area contributed by atoms with Gasteiger partial charge in [0, 0.05) is 0 Å². The summed E-state index contributed by atoms with van der Waals surface area (Å²) in [7, 11) is 0.840. The van der Waals surface area contributed by atoms with E-state index in [0.717, 1.165) is 9.52 Å². The summed E-state index contributed by atoms with van der Waals surface area (Å²) in [5, 5.41) is 1.50. The third-order valence-corrected chi connectivity index (χ3v) is 5.66. The Morgan fingerprint density at radius 1 is 1.10 bits per heavy atom. The third kappa shape index (κ3) is 3.49. The quantitative estimate of drug-likeness (QED) is 0.710. The van der Waals surface area contributed by atoms with Crippen LogP contribution in [0.1, 0.15) is 41.1 Å². The molecule has 2 radical (unpaired) electrons. The van der Waals surface area contributed by atoms with Crippen LogP contribution in [0.4, 0.5) is 0 Å². The lowest BCUT2D eigenvalue weighted by Crippen LogP contribution is -2.24. The summed E-state index contributed by atoms with van der Waals surface area (Å²) >= 11 is 0. The Morgan fingerprint density at radius 3 is 2.35 bits per heavy atom. The summed E-state index contributed by atoms with van der Waals surface area (Å²) in [5.41, 5.74) is 6.02. The summed E-state index contributed by atoms with van der Waals surface area (Å²) in [6.45, 7) is 10.5. The molecule has 1 atom stereocenters. The van der Waals surface area contributed by atoms with Crippen LogP contribution in [0.5, 0.6) is 0 Å². The van der Waals surface area contributed by atoms with Gasteiger partial charge in [0.05, 0.1) is 9.52 Å². The van der Waals surface area contributed by atoms with Crippen LogP contribution in [0.3, 0.4) is 0 Å². The standard InChI is InChI=1S/C19H22Si/c1-5-16-8-10-17(11-9-16)18(6-2)20-19-12-7-14(3)13-15(19)4/h5,7-13,18H,1,6H2,2-4H3. The molecule has 0 N–H and O–H groups in total. The fourth-order valence-electron chi connectivity index (χ4n) is 2.45. The average Bonchev–Trinajstić information content (AvgIpc) is 2.47. The van der Waals surface area contributed by atoms with E-state index in [-0.39, 0.29) is 0 Å². The van der Waals surface area contributed by atoms with Gasteiger partial charge in [-0.25, -0.2) is 0 Å². The second-order valence-corrected chi connectivity index (χ2v) is 6.82. The van der Waals surface area contributed by atoms with Crippen molar-refractivity contribution in [2.45, 2.75) is 32.7 Å². The molecule has 2 aromatic carbocycles. The van der Waals surface area contributed by atoms with Crippen molar-refractivity contribution in [1.82, 2.24) is 0 Å². The van der Waals surface area contributed by atoms with E-state index in [9.17, 15) is 0 Å². The van der Waals surface area contributed by atoms with Crippen LogP contribution in [-0.2, 0) is 0 Å². The van der Waals surface area contributed by atoms with Crippen molar-refractivity contribution in [2.24, 2.45) is 0 Å². The number of aryl methyl sites for hydroxylation is 2. The zero-order chi connectivity index (χ0) is 14.5. The van der Waals surface area contributed by atoms with Crippen molar-refractivity contribution in [3.05, 3.63) is 71.3 Å². The largest absolute Gasteiger partial charge is 0.0985 e. The Morgan fingerprint density at radius 2 is 1.80 bits per heavy atom. The third-order valence-electron chi connectivity index (χ3n) is 3.69. The van der Waals surface area contributed by atoms with E-state index >= 15 is 0 Å². The van der Waals surface area contributed by atoms with Crippen molar-refractivity contribution in [3.63, 3.8) is 0 Å². The number of benzene rings is 2. The summed E-state index contributed by atoms with van der Waals surface area (Å²) in [4.78, 5) is 0. The van der Waals surface area contributed by atoms with Crippen LogP contribution in [0.2, 0.25) is 0 Å². The fourth-order valence-corrected chi connectivity index (χ4v) is 3.87. The zero-order valence-corrected chi connectivity index (χ0v) is 13.6. The lowest BCUT2D eigenvalue weighted by Gasteiger charge is -2.16. The van der Waals surface area contributed by atoms with Crippen molar-refractivity contribution < 1.29 is 0 Å². The Kier molecular flexibility index (Phi) is 4.97. The number of hydrogen-bond acceptors (Lipinski definition) is 0. The van der Waals surface area contributed by atoms with Crippen molar-refractivity contribution >= 4 is 20.8 Å². The van der Waals surface area contributed by atoms with Gasteiger partial charge in [0.1, 0.15) is 0 Å². The van der Waals surface area contributed by atoms with Gasteiger partial charge in [-0.05, 0) is 30.5 Å². The lowest BCUT2D eigenvalue weighted by atomic mass is 10.1. The second-order valence-electron chi connectivity index (χ2n) is 5.29. The Hall–Kier alpha value is -1.60. The molecule has 0 bridgehead atoms. The average molecular weight is 278 g/mol. The Bertz CT molecular complexity index is 581. The maximum absolute atomic E-state index is 3.81. The van der Waals surface area contributed by atoms with Crippen LogP contribution in [0.25, 0.3) is 6.08 Å². The molecule has 20 heavy (non-hydrogen) atoms.